The molecule has 0 atom stereocenters. The van der Waals surface area contributed by atoms with E-state index in [0.29, 0.717) is 0 Å². The van der Waals surface area contributed by atoms with Crippen LogP contribution in [0.1, 0.15) is 6.92 Å². The van der Waals surface area contributed by atoms with Gasteiger partial charge in [-0.05, 0) is 14.6 Å². The number of ether oxygens (including phenoxy) is 2. The molecule has 0 aromatic carbocycles. The van der Waals surface area contributed by atoms with Crippen LogP contribution >= 0.6 is 0 Å². The zero-order valence-electron chi connectivity index (χ0n) is 13.8. The monoisotopic (exact) mass is 279 g/mol. The number of rotatable bonds is 11. The van der Waals surface area contributed by atoms with E-state index in [2.05, 4.69) is 37.5 Å². The molecule has 3 nitrogen and oxygen atoms in total. The van der Waals surface area contributed by atoms with Crippen LogP contribution in [0.15, 0.2) is 12.2 Å². The quantitative estimate of drug-likeness (QED) is 0.380. The van der Waals surface area contributed by atoms with Gasteiger partial charge in [0.25, 0.3) is 0 Å². The summed E-state index contributed by atoms with van der Waals surface area (Å²) in [6.07, 6.45) is 0. The fraction of sp³-hybridized carbons (Fsp3) is 0.786. The van der Waals surface area contributed by atoms with Crippen molar-refractivity contribution in [2.45, 2.75) is 26.1 Å². The van der Waals surface area contributed by atoms with E-state index >= 15 is 0 Å². The zero-order chi connectivity index (χ0) is 14.0. The first-order chi connectivity index (χ1) is 8.45. The van der Waals surface area contributed by atoms with Gasteiger partial charge in [0.15, 0.2) is 0 Å². The van der Waals surface area contributed by atoms with Crippen molar-refractivity contribution >= 4 is 8.07 Å². The molecular weight excluding hydrogens is 249 g/mol. The molecule has 108 valence electrons. The molecule has 0 fully saturated rings. The standard InChI is InChI=1S/C14H30NO2Si.Li/c1-7-18(5,6)13-14(2)12-15(8-10-16-3)9-11-17-4;/h13H,2,7-12H2,1,3-6H3;/q-1;+1. The van der Waals surface area contributed by atoms with Crippen LogP contribution < -0.4 is 18.9 Å². The normalized spacial score (nSPS) is 11.3. The van der Waals surface area contributed by atoms with Gasteiger partial charge in [-0.3, -0.25) is 4.90 Å². The van der Waals surface area contributed by atoms with Crippen LogP contribution in [-0.2, 0) is 9.47 Å². The van der Waals surface area contributed by atoms with Crippen molar-refractivity contribution in [2.24, 2.45) is 0 Å². The van der Waals surface area contributed by atoms with Gasteiger partial charge in [0, 0.05) is 27.3 Å². The number of methoxy groups -OCH3 is 2. The Labute approximate surface area is 132 Å². The Morgan fingerprint density at radius 1 is 1.16 bits per heavy atom. The Morgan fingerprint density at radius 3 is 2.00 bits per heavy atom. The van der Waals surface area contributed by atoms with Crippen molar-refractivity contribution in [3.05, 3.63) is 18.2 Å². The molecule has 0 bridgehead atoms. The summed E-state index contributed by atoms with van der Waals surface area (Å²) in [5.74, 6) is 0. The summed E-state index contributed by atoms with van der Waals surface area (Å²) in [6.45, 7) is 15.5. The molecule has 0 spiro atoms. The van der Waals surface area contributed by atoms with E-state index in [1.54, 1.807) is 14.2 Å². The molecular formula is C14H30LiNO2Si. The molecule has 0 saturated carbocycles. The number of hydrogen-bond donors (Lipinski definition) is 0. The second kappa shape index (κ2) is 12.1. The Hall–Kier alpha value is 0.304. The fourth-order valence-electron chi connectivity index (χ4n) is 1.70. The minimum absolute atomic E-state index is 0. The van der Waals surface area contributed by atoms with Gasteiger partial charge in [0.05, 0.1) is 13.2 Å². The summed E-state index contributed by atoms with van der Waals surface area (Å²) < 4.78 is 10.3. The van der Waals surface area contributed by atoms with Crippen LogP contribution in [0.5, 0.6) is 0 Å². The van der Waals surface area contributed by atoms with E-state index in [9.17, 15) is 0 Å². The smallest absolute Gasteiger partial charge is 0.383 e. The van der Waals surface area contributed by atoms with Crippen LogP contribution in [0, 0.1) is 6.04 Å². The molecule has 0 aliphatic rings. The van der Waals surface area contributed by atoms with Gasteiger partial charge in [0.2, 0.25) is 0 Å². The minimum Gasteiger partial charge on any atom is -0.383 e. The third-order valence-corrected chi connectivity index (χ3v) is 6.17. The van der Waals surface area contributed by atoms with Crippen molar-refractivity contribution in [1.29, 1.82) is 0 Å². The van der Waals surface area contributed by atoms with Crippen molar-refractivity contribution in [2.75, 3.05) is 47.1 Å². The Morgan fingerprint density at radius 2 is 1.63 bits per heavy atom. The minimum atomic E-state index is -1.18. The molecule has 0 heterocycles. The Kier molecular flexibility index (Phi) is 13.7. The maximum absolute atomic E-state index is 5.14. The molecule has 0 unspecified atom stereocenters. The van der Waals surface area contributed by atoms with Crippen LogP contribution in [0.4, 0.5) is 0 Å². The predicted molar refractivity (Wildman–Crippen MR) is 81.6 cm³/mol. The Bertz CT molecular complexity index is 229. The number of hydrogen-bond acceptors (Lipinski definition) is 3. The average Bonchev–Trinajstić information content (AvgIpc) is 2.32. The van der Waals surface area contributed by atoms with Crippen molar-refractivity contribution in [3.63, 3.8) is 0 Å². The molecule has 0 rings (SSSR count). The summed E-state index contributed by atoms with van der Waals surface area (Å²) in [7, 11) is 2.29. The Balaban J connectivity index is 0. The van der Waals surface area contributed by atoms with Gasteiger partial charge in [-0.1, -0.05) is 26.1 Å². The van der Waals surface area contributed by atoms with Crippen LogP contribution in [-0.4, -0.2) is 60.0 Å². The van der Waals surface area contributed by atoms with E-state index in [1.165, 1.54) is 11.6 Å². The van der Waals surface area contributed by atoms with E-state index in [-0.39, 0.29) is 18.9 Å². The molecule has 0 N–H and O–H groups in total. The van der Waals surface area contributed by atoms with Crippen molar-refractivity contribution in [1.82, 2.24) is 4.90 Å². The maximum atomic E-state index is 5.14. The molecule has 0 radical (unpaired) electrons. The van der Waals surface area contributed by atoms with Gasteiger partial charge in [0.1, 0.15) is 0 Å². The van der Waals surface area contributed by atoms with E-state index in [4.69, 9.17) is 9.47 Å². The number of nitrogens with zero attached hydrogens (tertiary/aromatic N) is 1. The molecule has 19 heavy (non-hydrogen) atoms. The third kappa shape index (κ3) is 11.8. The summed E-state index contributed by atoms with van der Waals surface area (Å²) in [5.41, 5.74) is 1.24. The van der Waals surface area contributed by atoms with E-state index < -0.39 is 8.07 Å². The third-order valence-electron chi connectivity index (χ3n) is 3.16. The first-order valence-electron chi connectivity index (χ1n) is 6.69. The van der Waals surface area contributed by atoms with E-state index in [0.717, 1.165) is 32.8 Å². The molecule has 5 heteroatoms. The topological polar surface area (TPSA) is 21.7 Å². The average molecular weight is 279 g/mol. The van der Waals surface area contributed by atoms with Crippen molar-refractivity contribution < 1.29 is 28.3 Å². The van der Waals surface area contributed by atoms with Gasteiger partial charge >= 0.3 is 18.9 Å². The molecule has 0 aromatic heterocycles. The molecule has 0 aromatic rings. The van der Waals surface area contributed by atoms with Gasteiger partial charge in [-0.15, -0.1) is 0 Å². The summed E-state index contributed by atoms with van der Waals surface area (Å²) in [6, 6.07) is 3.68. The second-order valence-electron chi connectivity index (χ2n) is 5.41. The van der Waals surface area contributed by atoms with Crippen LogP contribution in [0.25, 0.3) is 0 Å². The van der Waals surface area contributed by atoms with Crippen molar-refractivity contribution in [3.8, 4) is 0 Å². The zero-order valence-corrected chi connectivity index (χ0v) is 14.8. The predicted octanol–water partition coefficient (Wildman–Crippen LogP) is -0.387. The molecule has 0 amide bonds. The summed E-state index contributed by atoms with van der Waals surface area (Å²) in [4.78, 5) is 2.34. The van der Waals surface area contributed by atoms with E-state index in [1.807, 2.05) is 0 Å². The van der Waals surface area contributed by atoms with Gasteiger partial charge < -0.3 is 9.47 Å². The maximum Gasteiger partial charge on any atom is 1.00 e. The van der Waals surface area contributed by atoms with Gasteiger partial charge in [-0.25, -0.2) is 18.2 Å². The molecule has 0 aliphatic heterocycles. The SMILES string of the molecule is C=C([CH-][Si](C)(C)CC)CN(CCOC)CCOC.[Li+]. The summed E-state index contributed by atoms with van der Waals surface area (Å²) >= 11 is 0. The second-order valence-corrected chi connectivity index (χ2v) is 10.4. The largest absolute Gasteiger partial charge is 1.00 e. The first-order valence-corrected chi connectivity index (χ1v) is 9.97. The van der Waals surface area contributed by atoms with Gasteiger partial charge in [-0.2, -0.15) is 0 Å². The fourth-order valence-corrected chi connectivity index (χ4v) is 3.10. The molecule has 0 saturated heterocycles. The summed E-state index contributed by atoms with van der Waals surface area (Å²) in [5, 5.41) is 0. The van der Waals surface area contributed by atoms with Crippen LogP contribution in [0.3, 0.4) is 0 Å². The van der Waals surface area contributed by atoms with Crippen LogP contribution in [0.2, 0.25) is 19.1 Å². The first kappa shape index (κ1) is 21.6. The molecule has 0 aliphatic carbocycles.